The molecular formula is C5H12O6S2. The molecule has 0 aliphatic heterocycles. The van der Waals surface area contributed by atoms with Gasteiger partial charge in [-0.1, -0.05) is 0 Å². The molecule has 0 aromatic heterocycles. The van der Waals surface area contributed by atoms with E-state index >= 15 is 0 Å². The van der Waals surface area contributed by atoms with Gasteiger partial charge in [-0.05, 0) is 13.3 Å². The molecule has 8 heteroatoms. The highest BCUT2D eigenvalue weighted by atomic mass is 32.2. The van der Waals surface area contributed by atoms with Crippen molar-refractivity contribution in [3.05, 3.63) is 0 Å². The van der Waals surface area contributed by atoms with Crippen LogP contribution in [-0.2, 0) is 24.4 Å². The Labute approximate surface area is 77.8 Å². The van der Waals surface area contributed by atoms with Gasteiger partial charge in [-0.3, -0.25) is 8.74 Å². The average molecular weight is 232 g/mol. The minimum atomic E-state index is -4.08. The van der Waals surface area contributed by atoms with Crippen molar-refractivity contribution in [1.82, 2.24) is 0 Å². The zero-order valence-corrected chi connectivity index (χ0v) is 8.77. The van der Waals surface area contributed by atoms with Crippen molar-refractivity contribution in [3.8, 4) is 0 Å². The second-order valence-electron chi connectivity index (χ2n) is 2.31. The van der Waals surface area contributed by atoms with Gasteiger partial charge in [0.15, 0.2) is 0 Å². The molecule has 0 aromatic rings. The molecule has 0 aliphatic carbocycles. The monoisotopic (exact) mass is 232 g/mol. The van der Waals surface area contributed by atoms with E-state index < -0.39 is 31.7 Å². The molecule has 0 bridgehead atoms. The normalized spacial score (nSPS) is 13.1. The molecule has 80 valence electrons. The molecule has 0 unspecified atom stereocenters. The maximum absolute atomic E-state index is 10.8. The van der Waals surface area contributed by atoms with E-state index in [4.69, 9.17) is 4.55 Å². The third-order valence-electron chi connectivity index (χ3n) is 1.09. The van der Waals surface area contributed by atoms with Gasteiger partial charge >= 0.3 is 0 Å². The molecule has 0 aliphatic rings. The van der Waals surface area contributed by atoms with E-state index in [2.05, 4.69) is 4.18 Å². The average Bonchev–Trinajstić information content (AvgIpc) is 1.82. The lowest BCUT2D eigenvalue weighted by Crippen LogP contribution is -2.14. The Hall–Kier alpha value is -0.180. The fourth-order valence-corrected chi connectivity index (χ4v) is 2.32. The predicted octanol–water partition coefficient (Wildman–Crippen LogP) is -0.369. The topological polar surface area (TPSA) is 97.7 Å². The number of hydrogen-bond donors (Lipinski definition) is 1. The molecule has 6 nitrogen and oxygen atoms in total. The smallest absolute Gasteiger partial charge is 0.267 e. The van der Waals surface area contributed by atoms with E-state index in [0.29, 0.717) is 0 Å². The lowest BCUT2D eigenvalue weighted by molar-refractivity contribution is 0.338. The first kappa shape index (κ1) is 12.8. The van der Waals surface area contributed by atoms with Gasteiger partial charge < -0.3 is 0 Å². The second kappa shape index (κ2) is 4.89. The van der Waals surface area contributed by atoms with Crippen LogP contribution in [0.3, 0.4) is 0 Å². The van der Waals surface area contributed by atoms with Crippen LogP contribution in [0.1, 0.15) is 13.3 Å². The summed E-state index contributed by atoms with van der Waals surface area (Å²) in [6.07, 6.45) is -0.166. The van der Waals surface area contributed by atoms with Gasteiger partial charge in [0.1, 0.15) is 0 Å². The van der Waals surface area contributed by atoms with Gasteiger partial charge in [0.25, 0.3) is 20.2 Å². The van der Waals surface area contributed by atoms with Crippen LogP contribution in [0.5, 0.6) is 0 Å². The SMILES string of the molecule is CCOS(=O)(=O)CCCS(=O)(=O)O. The molecule has 0 amide bonds. The van der Waals surface area contributed by atoms with Gasteiger partial charge in [0.2, 0.25) is 0 Å². The summed E-state index contributed by atoms with van der Waals surface area (Å²) in [7, 11) is -7.71. The highest BCUT2D eigenvalue weighted by molar-refractivity contribution is 7.87. The van der Waals surface area contributed by atoms with Crippen molar-refractivity contribution in [2.45, 2.75) is 13.3 Å². The van der Waals surface area contributed by atoms with Gasteiger partial charge in [0.05, 0.1) is 18.1 Å². The van der Waals surface area contributed by atoms with Crippen LogP contribution < -0.4 is 0 Å². The van der Waals surface area contributed by atoms with Gasteiger partial charge in [0, 0.05) is 0 Å². The van der Waals surface area contributed by atoms with E-state index in [-0.39, 0.29) is 13.0 Å². The van der Waals surface area contributed by atoms with Crippen LogP contribution in [0.4, 0.5) is 0 Å². The summed E-state index contributed by atoms with van der Waals surface area (Å²) in [5.41, 5.74) is 0. The summed E-state index contributed by atoms with van der Waals surface area (Å²) < 4.78 is 54.6. The standard InChI is InChI=1S/C5H12O6S2/c1-2-11-13(9,10)5-3-4-12(6,7)8/h2-5H2,1H3,(H,6,7,8). The Morgan fingerprint density at radius 2 is 1.69 bits per heavy atom. The Morgan fingerprint density at radius 1 is 1.15 bits per heavy atom. The lowest BCUT2D eigenvalue weighted by Gasteiger charge is -2.01. The highest BCUT2D eigenvalue weighted by Crippen LogP contribution is 1.98. The van der Waals surface area contributed by atoms with Crippen molar-refractivity contribution in [1.29, 1.82) is 0 Å². The molecule has 0 spiro atoms. The van der Waals surface area contributed by atoms with Crippen molar-refractivity contribution in [2.24, 2.45) is 0 Å². The number of rotatable bonds is 6. The molecule has 0 heterocycles. The molecule has 0 saturated heterocycles. The number of hydrogen-bond acceptors (Lipinski definition) is 5. The summed E-state index contributed by atoms with van der Waals surface area (Å²) in [4.78, 5) is 0. The van der Waals surface area contributed by atoms with E-state index in [9.17, 15) is 16.8 Å². The predicted molar refractivity (Wildman–Crippen MR) is 46.4 cm³/mol. The Bertz CT molecular complexity index is 326. The van der Waals surface area contributed by atoms with E-state index in [1.165, 1.54) is 6.92 Å². The van der Waals surface area contributed by atoms with Crippen LogP contribution in [-0.4, -0.2) is 39.5 Å². The minimum Gasteiger partial charge on any atom is -0.286 e. The van der Waals surface area contributed by atoms with E-state index in [1.807, 2.05) is 0 Å². The summed E-state index contributed by atoms with van der Waals surface area (Å²) >= 11 is 0. The van der Waals surface area contributed by atoms with Gasteiger partial charge in [-0.25, -0.2) is 0 Å². The van der Waals surface area contributed by atoms with Crippen LogP contribution in [0.15, 0.2) is 0 Å². The van der Waals surface area contributed by atoms with Gasteiger partial charge in [-0.15, -0.1) is 0 Å². The Balaban J connectivity index is 3.91. The fraction of sp³-hybridized carbons (Fsp3) is 1.00. The molecule has 0 radical (unpaired) electrons. The maximum Gasteiger partial charge on any atom is 0.267 e. The molecular weight excluding hydrogens is 220 g/mol. The molecule has 13 heavy (non-hydrogen) atoms. The maximum atomic E-state index is 10.8. The molecule has 0 rings (SSSR count). The van der Waals surface area contributed by atoms with Crippen molar-refractivity contribution in [2.75, 3.05) is 18.1 Å². The van der Waals surface area contributed by atoms with E-state index in [0.717, 1.165) is 0 Å². The van der Waals surface area contributed by atoms with Crippen LogP contribution in [0, 0.1) is 0 Å². The molecule has 0 aromatic carbocycles. The van der Waals surface area contributed by atoms with Crippen molar-refractivity contribution in [3.63, 3.8) is 0 Å². The third kappa shape index (κ3) is 8.16. The summed E-state index contributed by atoms with van der Waals surface area (Å²) in [6, 6.07) is 0. The highest BCUT2D eigenvalue weighted by Gasteiger charge is 2.12. The summed E-state index contributed by atoms with van der Waals surface area (Å²) in [5.74, 6) is -0.972. The molecule has 0 saturated carbocycles. The first-order valence-electron chi connectivity index (χ1n) is 3.59. The molecule has 1 N–H and O–H groups in total. The summed E-state index contributed by atoms with van der Waals surface area (Å²) in [6.45, 7) is 1.54. The quantitative estimate of drug-likeness (QED) is 0.495. The zero-order valence-electron chi connectivity index (χ0n) is 7.13. The Morgan fingerprint density at radius 3 is 2.08 bits per heavy atom. The van der Waals surface area contributed by atoms with Crippen molar-refractivity contribution < 1.29 is 25.6 Å². The minimum absolute atomic E-state index is 0.0220. The fourth-order valence-electron chi connectivity index (χ4n) is 0.657. The van der Waals surface area contributed by atoms with Crippen molar-refractivity contribution >= 4 is 20.2 Å². The van der Waals surface area contributed by atoms with Crippen LogP contribution >= 0.6 is 0 Å². The lowest BCUT2D eigenvalue weighted by atomic mass is 10.6. The second-order valence-corrected chi connectivity index (χ2v) is 5.64. The molecule has 0 atom stereocenters. The summed E-state index contributed by atoms with van der Waals surface area (Å²) in [5, 5.41) is 0. The molecule has 0 fully saturated rings. The Kier molecular flexibility index (Phi) is 4.82. The zero-order chi connectivity index (χ0) is 10.5. The third-order valence-corrected chi connectivity index (χ3v) is 3.28. The van der Waals surface area contributed by atoms with Crippen LogP contribution in [0.25, 0.3) is 0 Å². The largest absolute Gasteiger partial charge is 0.286 e. The van der Waals surface area contributed by atoms with Gasteiger partial charge in [-0.2, -0.15) is 16.8 Å². The van der Waals surface area contributed by atoms with Crippen LogP contribution in [0.2, 0.25) is 0 Å². The first-order valence-corrected chi connectivity index (χ1v) is 6.78. The first-order chi connectivity index (χ1) is 5.77. The van der Waals surface area contributed by atoms with E-state index in [1.54, 1.807) is 0 Å².